The van der Waals surface area contributed by atoms with E-state index in [2.05, 4.69) is 20.6 Å². The zero-order valence-corrected chi connectivity index (χ0v) is 15.4. The highest BCUT2D eigenvalue weighted by Crippen LogP contribution is 2.23. The van der Waals surface area contributed by atoms with Crippen LogP contribution in [-0.2, 0) is 4.74 Å². The summed E-state index contributed by atoms with van der Waals surface area (Å²) in [4.78, 5) is 20.6. The van der Waals surface area contributed by atoms with Gasteiger partial charge in [0, 0.05) is 36.5 Å². The number of nitrogens with zero attached hydrogens (tertiary/aromatic N) is 2. The molecule has 2 aromatic carbocycles. The Labute approximate surface area is 158 Å². The number of aromatic nitrogens is 2. The molecule has 2 N–H and O–H groups in total. The first kappa shape index (κ1) is 18.5. The minimum absolute atomic E-state index is 0.0357. The summed E-state index contributed by atoms with van der Waals surface area (Å²) in [5.41, 5.74) is 3.30. The van der Waals surface area contributed by atoms with Crippen molar-refractivity contribution in [1.82, 2.24) is 9.97 Å². The van der Waals surface area contributed by atoms with E-state index >= 15 is 0 Å². The summed E-state index contributed by atoms with van der Waals surface area (Å²) in [6.07, 6.45) is 0. The van der Waals surface area contributed by atoms with E-state index in [-0.39, 0.29) is 5.78 Å². The monoisotopic (exact) mass is 362 g/mol. The fourth-order valence-electron chi connectivity index (χ4n) is 2.55. The molecule has 3 rings (SSSR count). The summed E-state index contributed by atoms with van der Waals surface area (Å²) in [7, 11) is 1.66. The molecule has 0 aliphatic heterocycles. The van der Waals surface area contributed by atoms with Gasteiger partial charge in [-0.15, -0.1) is 0 Å². The van der Waals surface area contributed by atoms with Crippen molar-refractivity contribution in [3.8, 4) is 11.3 Å². The van der Waals surface area contributed by atoms with Crippen molar-refractivity contribution in [3.05, 3.63) is 66.2 Å². The van der Waals surface area contributed by atoms with Crippen LogP contribution in [0.3, 0.4) is 0 Å². The second-order valence-electron chi connectivity index (χ2n) is 6.01. The van der Waals surface area contributed by atoms with Crippen molar-refractivity contribution in [2.45, 2.75) is 6.92 Å². The lowest BCUT2D eigenvalue weighted by atomic mass is 10.1. The quantitative estimate of drug-likeness (QED) is 0.463. The molecule has 6 heteroatoms. The highest BCUT2D eigenvalue weighted by molar-refractivity contribution is 5.94. The molecule has 0 saturated heterocycles. The Hall–Kier alpha value is -3.25. The Morgan fingerprint density at radius 2 is 1.78 bits per heavy atom. The van der Waals surface area contributed by atoms with Crippen LogP contribution in [0.2, 0.25) is 0 Å². The summed E-state index contributed by atoms with van der Waals surface area (Å²) in [5.74, 6) is 1.23. The Kier molecular flexibility index (Phi) is 6.12. The van der Waals surface area contributed by atoms with E-state index in [1.165, 1.54) is 0 Å². The predicted molar refractivity (Wildman–Crippen MR) is 108 cm³/mol. The number of benzene rings is 2. The summed E-state index contributed by atoms with van der Waals surface area (Å²) >= 11 is 0. The summed E-state index contributed by atoms with van der Waals surface area (Å²) in [6, 6.07) is 19.1. The van der Waals surface area contributed by atoms with Gasteiger partial charge in [0.25, 0.3) is 0 Å². The van der Waals surface area contributed by atoms with Gasteiger partial charge in [-0.05, 0) is 31.2 Å². The Morgan fingerprint density at radius 1 is 1.04 bits per heavy atom. The van der Waals surface area contributed by atoms with Crippen molar-refractivity contribution in [2.24, 2.45) is 0 Å². The summed E-state index contributed by atoms with van der Waals surface area (Å²) < 4.78 is 5.09. The smallest absolute Gasteiger partial charge is 0.229 e. The predicted octanol–water partition coefficient (Wildman–Crippen LogP) is 4.15. The molecule has 1 heterocycles. The third-order valence-corrected chi connectivity index (χ3v) is 3.96. The van der Waals surface area contributed by atoms with Crippen molar-refractivity contribution >= 4 is 23.2 Å². The average molecular weight is 362 g/mol. The Morgan fingerprint density at radius 3 is 2.44 bits per heavy atom. The molecule has 0 bridgehead atoms. The van der Waals surface area contributed by atoms with Crippen molar-refractivity contribution in [2.75, 3.05) is 30.9 Å². The van der Waals surface area contributed by atoms with Gasteiger partial charge in [0.1, 0.15) is 5.82 Å². The van der Waals surface area contributed by atoms with Crippen LogP contribution in [0.25, 0.3) is 11.3 Å². The highest BCUT2D eigenvalue weighted by atomic mass is 16.5. The molecule has 0 amide bonds. The molecule has 138 valence electrons. The number of hydrogen-bond donors (Lipinski definition) is 2. The summed E-state index contributed by atoms with van der Waals surface area (Å²) in [6.45, 7) is 2.78. The van der Waals surface area contributed by atoms with Crippen LogP contribution in [0.15, 0.2) is 60.7 Å². The zero-order valence-electron chi connectivity index (χ0n) is 15.4. The van der Waals surface area contributed by atoms with Gasteiger partial charge in [-0.25, -0.2) is 4.98 Å². The molecular weight excluding hydrogens is 340 g/mol. The molecule has 0 saturated carbocycles. The van der Waals surface area contributed by atoms with Crippen LogP contribution >= 0.6 is 0 Å². The maximum absolute atomic E-state index is 11.4. The van der Waals surface area contributed by atoms with Gasteiger partial charge in [-0.3, -0.25) is 4.79 Å². The van der Waals surface area contributed by atoms with Crippen molar-refractivity contribution < 1.29 is 9.53 Å². The molecule has 3 aromatic rings. The second kappa shape index (κ2) is 8.91. The average Bonchev–Trinajstić information content (AvgIpc) is 2.69. The van der Waals surface area contributed by atoms with E-state index in [0.717, 1.165) is 16.9 Å². The minimum Gasteiger partial charge on any atom is -0.383 e. The van der Waals surface area contributed by atoms with E-state index in [0.29, 0.717) is 30.5 Å². The molecular formula is C21H22N4O2. The number of carbonyl (C=O) groups is 1. The molecule has 6 nitrogen and oxygen atoms in total. The van der Waals surface area contributed by atoms with Crippen molar-refractivity contribution in [1.29, 1.82) is 0 Å². The van der Waals surface area contributed by atoms with E-state index in [1.807, 2.05) is 48.5 Å². The summed E-state index contributed by atoms with van der Waals surface area (Å²) in [5, 5.41) is 6.45. The van der Waals surface area contributed by atoms with Crippen molar-refractivity contribution in [3.63, 3.8) is 0 Å². The second-order valence-corrected chi connectivity index (χ2v) is 6.01. The molecule has 0 atom stereocenters. The molecule has 0 aliphatic carbocycles. The first-order valence-electron chi connectivity index (χ1n) is 8.71. The lowest BCUT2D eigenvalue weighted by Gasteiger charge is -2.11. The molecule has 1 aromatic heterocycles. The lowest BCUT2D eigenvalue weighted by Crippen LogP contribution is -2.10. The minimum atomic E-state index is 0.0357. The fourth-order valence-corrected chi connectivity index (χ4v) is 2.55. The van der Waals surface area contributed by atoms with E-state index in [4.69, 9.17) is 4.74 Å². The van der Waals surface area contributed by atoms with E-state index < -0.39 is 0 Å². The number of rotatable bonds is 8. The first-order chi connectivity index (χ1) is 13.2. The number of ketones is 1. The fraction of sp³-hybridized carbons (Fsp3) is 0.190. The van der Waals surface area contributed by atoms with Gasteiger partial charge in [-0.2, -0.15) is 4.98 Å². The lowest BCUT2D eigenvalue weighted by molar-refractivity contribution is 0.101. The van der Waals surface area contributed by atoms with Gasteiger partial charge in [0.05, 0.1) is 12.3 Å². The Balaban J connectivity index is 1.88. The third kappa shape index (κ3) is 5.12. The molecule has 0 fully saturated rings. The largest absolute Gasteiger partial charge is 0.383 e. The standard InChI is InChI=1S/C21H22N4O2/c1-15(26)16-8-10-18(11-9-16)23-21-24-19(17-6-4-3-5-7-17)14-20(25-21)22-12-13-27-2/h3-11,14H,12-13H2,1-2H3,(H2,22,23,24,25). The maximum Gasteiger partial charge on any atom is 0.229 e. The third-order valence-electron chi connectivity index (χ3n) is 3.96. The normalized spacial score (nSPS) is 10.4. The number of carbonyl (C=O) groups excluding carboxylic acids is 1. The first-order valence-corrected chi connectivity index (χ1v) is 8.71. The molecule has 27 heavy (non-hydrogen) atoms. The number of nitrogens with one attached hydrogen (secondary N) is 2. The van der Waals surface area contributed by atoms with Gasteiger partial charge in [0.2, 0.25) is 5.95 Å². The molecule has 0 spiro atoms. The number of ether oxygens (including phenoxy) is 1. The molecule has 0 unspecified atom stereocenters. The van der Waals surface area contributed by atoms with Gasteiger partial charge >= 0.3 is 0 Å². The Bertz CT molecular complexity index is 896. The SMILES string of the molecule is COCCNc1cc(-c2ccccc2)nc(Nc2ccc(C(C)=O)cc2)n1. The van der Waals surface area contributed by atoms with E-state index in [9.17, 15) is 4.79 Å². The number of methoxy groups -OCH3 is 1. The van der Waals surface area contributed by atoms with Gasteiger partial charge in [-0.1, -0.05) is 30.3 Å². The van der Waals surface area contributed by atoms with Crippen LogP contribution in [0, 0.1) is 0 Å². The van der Waals surface area contributed by atoms with Crippen LogP contribution < -0.4 is 10.6 Å². The van der Waals surface area contributed by atoms with Crippen LogP contribution in [0.1, 0.15) is 17.3 Å². The van der Waals surface area contributed by atoms with Crippen LogP contribution in [0.4, 0.5) is 17.5 Å². The number of hydrogen-bond acceptors (Lipinski definition) is 6. The maximum atomic E-state index is 11.4. The molecule has 0 radical (unpaired) electrons. The van der Waals surface area contributed by atoms with Gasteiger partial charge in [0.15, 0.2) is 5.78 Å². The molecule has 0 aliphatic rings. The van der Waals surface area contributed by atoms with Crippen LogP contribution in [-0.4, -0.2) is 36.0 Å². The van der Waals surface area contributed by atoms with E-state index in [1.54, 1.807) is 26.2 Å². The topological polar surface area (TPSA) is 76.1 Å². The zero-order chi connectivity index (χ0) is 19.1. The van der Waals surface area contributed by atoms with Gasteiger partial charge < -0.3 is 15.4 Å². The number of anilines is 3. The highest BCUT2D eigenvalue weighted by Gasteiger charge is 2.08. The van der Waals surface area contributed by atoms with Crippen LogP contribution in [0.5, 0.6) is 0 Å². The number of Topliss-reactive ketones (excluding diaryl/α,β-unsaturated/α-hetero) is 1.